The molecule has 0 aromatic heterocycles. The molecule has 0 aliphatic heterocycles. The van der Waals surface area contributed by atoms with E-state index in [0.29, 0.717) is 17.7 Å². The topological polar surface area (TPSA) is 119 Å². The lowest BCUT2D eigenvalue weighted by molar-refractivity contribution is -0.145. The normalized spacial score (nSPS) is 11.3. The summed E-state index contributed by atoms with van der Waals surface area (Å²) in [5, 5.41) is 9.42. The summed E-state index contributed by atoms with van der Waals surface area (Å²) in [7, 11) is 0. The molecule has 0 aromatic rings. The van der Waals surface area contributed by atoms with Crippen LogP contribution in [0.15, 0.2) is 0 Å². The van der Waals surface area contributed by atoms with Crippen LogP contribution < -0.4 is 0 Å². The molecular formula is C17H29NO8. The predicted molar refractivity (Wildman–Crippen MR) is 91.6 cm³/mol. The molecule has 1 atom stereocenters. The largest absolute Gasteiger partial charge is 0.480 e. The highest BCUT2D eigenvalue weighted by molar-refractivity contribution is 5.93. The van der Waals surface area contributed by atoms with Crippen molar-refractivity contribution in [2.24, 2.45) is 0 Å². The van der Waals surface area contributed by atoms with Crippen molar-refractivity contribution in [3.8, 4) is 0 Å². The Kier molecular flexibility index (Phi) is 12.7. The van der Waals surface area contributed by atoms with Crippen LogP contribution in [0.1, 0.15) is 59.3 Å². The first kappa shape index (κ1) is 23.7. The van der Waals surface area contributed by atoms with Gasteiger partial charge in [0.1, 0.15) is 6.04 Å². The van der Waals surface area contributed by atoms with Gasteiger partial charge in [-0.3, -0.25) is 4.79 Å². The van der Waals surface area contributed by atoms with Crippen LogP contribution in [0.2, 0.25) is 0 Å². The molecule has 0 bridgehead atoms. The van der Waals surface area contributed by atoms with Crippen molar-refractivity contribution in [1.29, 1.82) is 0 Å². The average Bonchev–Trinajstić information content (AvgIpc) is 2.58. The highest BCUT2D eigenvalue weighted by atomic mass is 16.6. The first-order chi connectivity index (χ1) is 12.4. The van der Waals surface area contributed by atoms with E-state index in [1.807, 2.05) is 13.8 Å². The lowest BCUT2D eigenvalue weighted by atomic mass is 10.1. The summed E-state index contributed by atoms with van der Waals surface area (Å²) >= 11 is 0. The Bertz CT molecular complexity index is 444. The maximum atomic E-state index is 12.2. The summed E-state index contributed by atoms with van der Waals surface area (Å²) in [6.07, 6.45) is -0.0758. The smallest absolute Gasteiger partial charge is 0.420 e. The third-order valence-electron chi connectivity index (χ3n) is 3.36. The van der Waals surface area contributed by atoms with Crippen LogP contribution in [0.25, 0.3) is 0 Å². The minimum Gasteiger partial charge on any atom is -0.480 e. The number of nitrogens with zero attached hydrogens (tertiary/aromatic N) is 1. The maximum Gasteiger partial charge on any atom is 0.420 e. The average molecular weight is 375 g/mol. The number of esters is 1. The zero-order chi connectivity index (χ0) is 19.9. The lowest BCUT2D eigenvalue weighted by Gasteiger charge is -2.25. The van der Waals surface area contributed by atoms with Crippen molar-refractivity contribution >= 4 is 24.1 Å². The molecule has 1 unspecified atom stereocenters. The van der Waals surface area contributed by atoms with Crippen LogP contribution in [0.3, 0.4) is 0 Å². The van der Waals surface area contributed by atoms with Crippen LogP contribution in [-0.4, -0.2) is 60.0 Å². The van der Waals surface area contributed by atoms with Gasteiger partial charge < -0.3 is 19.3 Å². The molecule has 0 rings (SSSR count). The van der Waals surface area contributed by atoms with Crippen molar-refractivity contribution in [3.05, 3.63) is 0 Å². The van der Waals surface area contributed by atoms with Gasteiger partial charge in [0, 0.05) is 6.42 Å². The maximum absolute atomic E-state index is 12.2. The Balaban J connectivity index is 5.18. The van der Waals surface area contributed by atoms with E-state index >= 15 is 0 Å². The number of rotatable bonds is 12. The summed E-state index contributed by atoms with van der Waals surface area (Å²) in [5.41, 5.74) is 0. The van der Waals surface area contributed by atoms with Gasteiger partial charge in [-0.2, -0.15) is 4.90 Å². The van der Waals surface area contributed by atoms with Crippen LogP contribution in [0.5, 0.6) is 0 Å². The van der Waals surface area contributed by atoms with Crippen LogP contribution in [-0.2, 0) is 23.8 Å². The van der Waals surface area contributed by atoms with Gasteiger partial charge in [0.05, 0.1) is 19.8 Å². The number of carbonyl (C=O) groups is 4. The van der Waals surface area contributed by atoms with E-state index in [-0.39, 0.29) is 32.7 Å². The Morgan fingerprint density at radius 1 is 0.885 bits per heavy atom. The predicted octanol–water partition coefficient (Wildman–Crippen LogP) is 2.96. The van der Waals surface area contributed by atoms with Crippen LogP contribution >= 0.6 is 0 Å². The first-order valence-electron chi connectivity index (χ1n) is 8.90. The van der Waals surface area contributed by atoms with Gasteiger partial charge in [0.25, 0.3) is 0 Å². The van der Waals surface area contributed by atoms with Crippen molar-refractivity contribution in [2.45, 2.75) is 65.3 Å². The molecule has 0 radical (unpaired) electrons. The van der Waals surface area contributed by atoms with E-state index in [0.717, 1.165) is 12.8 Å². The number of aliphatic carboxylic acids is 1. The summed E-state index contributed by atoms with van der Waals surface area (Å²) in [6.45, 7) is 5.66. The van der Waals surface area contributed by atoms with Crippen molar-refractivity contribution < 1.29 is 38.5 Å². The summed E-state index contributed by atoms with van der Waals surface area (Å²) < 4.78 is 14.7. The number of ether oxygens (including phenoxy) is 3. The van der Waals surface area contributed by atoms with E-state index in [1.54, 1.807) is 6.92 Å². The summed E-state index contributed by atoms with van der Waals surface area (Å²) in [4.78, 5) is 47.9. The van der Waals surface area contributed by atoms with Gasteiger partial charge in [0.15, 0.2) is 0 Å². The molecule has 9 nitrogen and oxygen atoms in total. The fourth-order valence-corrected chi connectivity index (χ4v) is 1.93. The number of amides is 2. The number of carboxylic acid groups (broad SMARTS) is 1. The molecule has 0 heterocycles. The molecule has 9 heteroatoms. The van der Waals surface area contributed by atoms with E-state index < -0.39 is 30.2 Å². The standard InChI is InChI=1S/C17H29NO8/c1-4-7-11-25-16(22)18(17(23)26-12-8-5-2)13(15(20)21)9-10-14(19)24-6-3/h13H,4-12H2,1-3H3,(H,20,21). The van der Waals surface area contributed by atoms with Gasteiger partial charge in [-0.25, -0.2) is 14.4 Å². The van der Waals surface area contributed by atoms with Crippen molar-refractivity contribution in [2.75, 3.05) is 19.8 Å². The van der Waals surface area contributed by atoms with E-state index in [4.69, 9.17) is 14.2 Å². The Labute approximate surface area is 153 Å². The second-order valence-corrected chi connectivity index (χ2v) is 5.50. The van der Waals surface area contributed by atoms with E-state index in [2.05, 4.69) is 0 Å². The molecule has 0 spiro atoms. The summed E-state index contributed by atoms with van der Waals surface area (Å²) in [5.74, 6) is -2.05. The molecular weight excluding hydrogens is 346 g/mol. The molecule has 1 N–H and O–H groups in total. The van der Waals surface area contributed by atoms with Gasteiger partial charge in [-0.1, -0.05) is 26.7 Å². The molecule has 2 amide bonds. The van der Waals surface area contributed by atoms with E-state index in [1.165, 1.54) is 0 Å². The first-order valence-corrected chi connectivity index (χ1v) is 8.90. The van der Waals surface area contributed by atoms with E-state index in [9.17, 15) is 24.3 Å². The molecule has 0 saturated heterocycles. The highest BCUT2D eigenvalue weighted by Gasteiger charge is 2.37. The zero-order valence-corrected chi connectivity index (χ0v) is 15.7. The quantitative estimate of drug-likeness (QED) is 0.314. The van der Waals surface area contributed by atoms with Crippen LogP contribution in [0.4, 0.5) is 9.59 Å². The van der Waals surface area contributed by atoms with Crippen molar-refractivity contribution in [1.82, 2.24) is 4.90 Å². The number of unbranched alkanes of at least 4 members (excludes halogenated alkanes) is 2. The Hall–Kier alpha value is -2.32. The number of hydrogen-bond acceptors (Lipinski definition) is 7. The Morgan fingerprint density at radius 3 is 1.77 bits per heavy atom. The van der Waals surface area contributed by atoms with Crippen LogP contribution in [0, 0.1) is 0 Å². The second-order valence-electron chi connectivity index (χ2n) is 5.50. The van der Waals surface area contributed by atoms with Gasteiger partial charge >= 0.3 is 24.1 Å². The van der Waals surface area contributed by atoms with Crippen molar-refractivity contribution in [3.63, 3.8) is 0 Å². The molecule has 0 fully saturated rings. The Morgan fingerprint density at radius 2 is 1.38 bits per heavy atom. The zero-order valence-electron chi connectivity index (χ0n) is 15.7. The fourth-order valence-electron chi connectivity index (χ4n) is 1.93. The molecule has 0 saturated carbocycles. The fraction of sp³-hybridized carbons (Fsp3) is 0.765. The van der Waals surface area contributed by atoms with Gasteiger partial charge in [-0.15, -0.1) is 0 Å². The number of hydrogen-bond donors (Lipinski definition) is 1. The lowest BCUT2D eigenvalue weighted by Crippen LogP contribution is -2.49. The SMILES string of the molecule is CCCCOC(=O)N(C(=O)OCCCC)C(CCC(=O)OCC)C(=O)O. The molecule has 0 aromatic carbocycles. The minimum atomic E-state index is -1.58. The number of imide groups is 1. The van der Waals surface area contributed by atoms with Gasteiger partial charge in [0.2, 0.25) is 0 Å². The number of carbonyl (C=O) groups excluding carboxylic acids is 3. The second kappa shape index (κ2) is 13.9. The van der Waals surface area contributed by atoms with Gasteiger partial charge in [-0.05, 0) is 26.2 Å². The highest BCUT2D eigenvalue weighted by Crippen LogP contribution is 2.13. The monoisotopic (exact) mass is 375 g/mol. The molecule has 0 aliphatic carbocycles. The third kappa shape index (κ3) is 9.24. The summed E-state index contributed by atoms with van der Waals surface area (Å²) in [6, 6.07) is -1.58. The number of carboxylic acids is 1. The molecule has 0 aliphatic rings. The molecule has 150 valence electrons. The molecule has 26 heavy (non-hydrogen) atoms. The third-order valence-corrected chi connectivity index (χ3v) is 3.36. The minimum absolute atomic E-state index is 0.0539.